The third-order valence-electron chi connectivity index (χ3n) is 3.00. The quantitative estimate of drug-likeness (QED) is 0.883. The molecule has 2 aromatic rings. The predicted octanol–water partition coefficient (Wildman–Crippen LogP) is 3.60. The molecule has 0 bridgehead atoms. The fourth-order valence-corrected chi connectivity index (χ4v) is 1.77. The van der Waals surface area contributed by atoms with E-state index in [0.29, 0.717) is 11.3 Å². The largest absolute Gasteiger partial charge is 0.384 e. The van der Waals surface area contributed by atoms with E-state index in [4.69, 9.17) is 0 Å². The van der Waals surface area contributed by atoms with Gasteiger partial charge in [0.2, 0.25) is 0 Å². The monoisotopic (exact) mass is 287 g/mol. The molecule has 0 atom stereocenters. The zero-order valence-corrected chi connectivity index (χ0v) is 12.1. The lowest BCUT2D eigenvalue weighted by Crippen LogP contribution is -2.14. The van der Waals surface area contributed by atoms with E-state index in [2.05, 4.69) is 22.5 Å². The number of benzene rings is 1. The van der Waals surface area contributed by atoms with Crippen LogP contribution < -0.4 is 10.6 Å². The molecule has 21 heavy (non-hydrogen) atoms. The molecule has 0 aliphatic rings. The Kier molecular flexibility index (Phi) is 4.87. The van der Waals surface area contributed by atoms with Crippen LogP contribution in [-0.4, -0.2) is 17.4 Å². The number of carbonyl (C=O) groups excluding carboxylic acids is 1. The molecule has 2 rings (SSSR count). The van der Waals surface area contributed by atoms with Crippen molar-refractivity contribution in [3.8, 4) is 0 Å². The van der Waals surface area contributed by atoms with Crippen molar-refractivity contribution in [2.75, 3.05) is 17.2 Å². The Balaban J connectivity index is 2.04. The van der Waals surface area contributed by atoms with Gasteiger partial charge in [-0.1, -0.05) is 13.0 Å². The molecule has 0 spiro atoms. The average Bonchev–Trinajstić information content (AvgIpc) is 2.49. The van der Waals surface area contributed by atoms with E-state index in [1.54, 1.807) is 37.4 Å². The highest BCUT2D eigenvalue weighted by molar-refractivity contribution is 6.02. The van der Waals surface area contributed by atoms with Gasteiger partial charge in [0.05, 0.1) is 11.9 Å². The Morgan fingerprint density at radius 3 is 2.62 bits per heavy atom. The summed E-state index contributed by atoms with van der Waals surface area (Å²) >= 11 is 0. The highest BCUT2D eigenvalue weighted by atomic mass is 19.1. The normalized spacial score (nSPS) is 10.2. The van der Waals surface area contributed by atoms with Gasteiger partial charge in [-0.15, -0.1) is 0 Å². The molecule has 0 unspecified atom stereocenters. The first-order valence-corrected chi connectivity index (χ1v) is 6.87. The standard InChI is InChI=1S/C16H18FN3O/c1-3-8-18-13-6-7-15(19-10-13)16(21)20-12-5-4-11(2)14(17)9-12/h4-7,9-10,18H,3,8H2,1-2H3,(H,20,21). The van der Waals surface area contributed by atoms with Crippen LogP contribution in [0.25, 0.3) is 0 Å². The summed E-state index contributed by atoms with van der Waals surface area (Å²) in [6, 6.07) is 8.01. The molecular weight excluding hydrogens is 269 g/mol. The summed E-state index contributed by atoms with van der Waals surface area (Å²) in [5, 5.41) is 5.81. The number of halogens is 1. The van der Waals surface area contributed by atoms with Crippen molar-refractivity contribution >= 4 is 17.3 Å². The van der Waals surface area contributed by atoms with Crippen molar-refractivity contribution < 1.29 is 9.18 Å². The van der Waals surface area contributed by atoms with E-state index in [1.807, 2.05) is 0 Å². The van der Waals surface area contributed by atoms with Crippen molar-refractivity contribution in [1.29, 1.82) is 0 Å². The van der Waals surface area contributed by atoms with E-state index in [-0.39, 0.29) is 17.4 Å². The van der Waals surface area contributed by atoms with Gasteiger partial charge in [-0.2, -0.15) is 0 Å². The Bertz CT molecular complexity index is 626. The van der Waals surface area contributed by atoms with E-state index in [0.717, 1.165) is 18.7 Å². The molecular formula is C16H18FN3O. The summed E-state index contributed by atoms with van der Waals surface area (Å²) in [5.74, 6) is -0.708. The van der Waals surface area contributed by atoms with Gasteiger partial charge in [0.1, 0.15) is 11.5 Å². The SMILES string of the molecule is CCCNc1ccc(C(=O)Nc2ccc(C)c(F)c2)nc1. The van der Waals surface area contributed by atoms with Crippen LogP contribution in [0.5, 0.6) is 0 Å². The van der Waals surface area contributed by atoms with Crippen molar-refractivity contribution in [1.82, 2.24) is 4.98 Å². The molecule has 0 aliphatic carbocycles. The van der Waals surface area contributed by atoms with Crippen LogP contribution in [0.15, 0.2) is 36.5 Å². The van der Waals surface area contributed by atoms with E-state index in [9.17, 15) is 9.18 Å². The predicted molar refractivity (Wildman–Crippen MR) is 82.1 cm³/mol. The molecule has 0 saturated carbocycles. The molecule has 110 valence electrons. The summed E-state index contributed by atoms with van der Waals surface area (Å²) in [5.41, 5.74) is 2.11. The topological polar surface area (TPSA) is 54.0 Å². The van der Waals surface area contributed by atoms with Crippen LogP contribution in [0.1, 0.15) is 29.4 Å². The molecule has 2 N–H and O–H groups in total. The molecule has 1 aromatic carbocycles. The highest BCUT2D eigenvalue weighted by Gasteiger charge is 2.08. The molecule has 1 heterocycles. The van der Waals surface area contributed by atoms with E-state index in [1.165, 1.54) is 6.07 Å². The fraction of sp³-hybridized carbons (Fsp3) is 0.250. The second-order valence-corrected chi connectivity index (χ2v) is 4.78. The second-order valence-electron chi connectivity index (χ2n) is 4.78. The molecule has 5 heteroatoms. The number of hydrogen-bond acceptors (Lipinski definition) is 3. The summed E-state index contributed by atoms with van der Waals surface area (Å²) in [7, 11) is 0. The third kappa shape index (κ3) is 4.02. The number of aryl methyl sites for hydroxylation is 1. The first-order valence-electron chi connectivity index (χ1n) is 6.87. The average molecular weight is 287 g/mol. The van der Waals surface area contributed by atoms with Crippen molar-refractivity contribution in [2.45, 2.75) is 20.3 Å². The number of aromatic nitrogens is 1. The van der Waals surface area contributed by atoms with Gasteiger partial charge in [0.15, 0.2) is 0 Å². The van der Waals surface area contributed by atoms with Crippen molar-refractivity contribution in [3.05, 3.63) is 53.6 Å². The molecule has 1 amide bonds. The van der Waals surface area contributed by atoms with Gasteiger partial charge in [-0.25, -0.2) is 9.37 Å². The summed E-state index contributed by atoms with van der Waals surface area (Å²) in [4.78, 5) is 16.1. The zero-order valence-electron chi connectivity index (χ0n) is 12.1. The number of nitrogens with one attached hydrogen (secondary N) is 2. The van der Waals surface area contributed by atoms with Crippen molar-refractivity contribution in [2.24, 2.45) is 0 Å². The number of pyridine rings is 1. The molecule has 4 nitrogen and oxygen atoms in total. The lowest BCUT2D eigenvalue weighted by molar-refractivity contribution is 0.102. The summed E-state index contributed by atoms with van der Waals surface area (Å²) in [6.07, 6.45) is 2.63. The number of hydrogen-bond donors (Lipinski definition) is 2. The molecule has 0 saturated heterocycles. The van der Waals surface area contributed by atoms with Gasteiger partial charge in [-0.3, -0.25) is 4.79 Å². The van der Waals surface area contributed by atoms with Gasteiger partial charge in [0, 0.05) is 12.2 Å². The van der Waals surface area contributed by atoms with E-state index < -0.39 is 0 Å². The number of carbonyl (C=O) groups is 1. The van der Waals surface area contributed by atoms with Crippen LogP contribution in [-0.2, 0) is 0 Å². The van der Waals surface area contributed by atoms with Crippen LogP contribution in [0, 0.1) is 12.7 Å². The zero-order chi connectivity index (χ0) is 15.2. The molecule has 0 aliphatic heterocycles. The maximum absolute atomic E-state index is 13.4. The van der Waals surface area contributed by atoms with Gasteiger partial charge < -0.3 is 10.6 Å². The van der Waals surface area contributed by atoms with Crippen LogP contribution in [0.4, 0.5) is 15.8 Å². The Morgan fingerprint density at radius 1 is 1.24 bits per heavy atom. The highest BCUT2D eigenvalue weighted by Crippen LogP contribution is 2.15. The maximum Gasteiger partial charge on any atom is 0.274 e. The fourth-order valence-electron chi connectivity index (χ4n) is 1.77. The van der Waals surface area contributed by atoms with Crippen molar-refractivity contribution in [3.63, 3.8) is 0 Å². The number of amides is 1. The molecule has 1 aromatic heterocycles. The third-order valence-corrected chi connectivity index (χ3v) is 3.00. The van der Waals surface area contributed by atoms with Crippen LogP contribution >= 0.6 is 0 Å². The first kappa shape index (κ1) is 15.0. The van der Waals surface area contributed by atoms with Gasteiger partial charge in [0.25, 0.3) is 5.91 Å². The van der Waals surface area contributed by atoms with Gasteiger partial charge >= 0.3 is 0 Å². The first-order chi connectivity index (χ1) is 10.1. The smallest absolute Gasteiger partial charge is 0.274 e. The number of nitrogens with zero attached hydrogens (tertiary/aromatic N) is 1. The number of rotatable bonds is 5. The summed E-state index contributed by atoms with van der Waals surface area (Å²) < 4.78 is 13.4. The molecule has 0 radical (unpaired) electrons. The minimum absolute atomic E-state index is 0.290. The Hall–Kier alpha value is -2.43. The lowest BCUT2D eigenvalue weighted by Gasteiger charge is -2.07. The number of anilines is 2. The van der Waals surface area contributed by atoms with E-state index >= 15 is 0 Å². The molecule has 0 fully saturated rings. The Labute approximate surface area is 123 Å². The summed E-state index contributed by atoms with van der Waals surface area (Å²) in [6.45, 7) is 4.60. The Morgan fingerprint density at radius 2 is 2.00 bits per heavy atom. The van der Waals surface area contributed by atoms with Gasteiger partial charge in [-0.05, 0) is 43.2 Å². The maximum atomic E-state index is 13.4. The lowest BCUT2D eigenvalue weighted by atomic mass is 10.2. The minimum atomic E-state index is -0.361. The second kappa shape index (κ2) is 6.83. The minimum Gasteiger partial charge on any atom is -0.384 e. The van der Waals surface area contributed by atoms with Crippen LogP contribution in [0.3, 0.4) is 0 Å². The van der Waals surface area contributed by atoms with Crippen LogP contribution in [0.2, 0.25) is 0 Å².